The van der Waals surface area contributed by atoms with Crippen LogP contribution in [0.1, 0.15) is 40.5 Å². The van der Waals surface area contributed by atoms with Crippen molar-refractivity contribution in [3.8, 4) is 0 Å². The predicted molar refractivity (Wildman–Crippen MR) is 57.3 cm³/mol. The summed E-state index contributed by atoms with van der Waals surface area (Å²) in [5, 5.41) is 0. The number of hydrogen-bond donors (Lipinski definition) is 0. The van der Waals surface area contributed by atoms with Crippen molar-refractivity contribution in [3.63, 3.8) is 0 Å². The first-order valence-electron chi connectivity index (χ1n) is 5.17. The molecule has 0 fully saturated rings. The summed E-state index contributed by atoms with van der Waals surface area (Å²) in [6.07, 6.45) is 4.17. The van der Waals surface area contributed by atoms with Gasteiger partial charge in [-0.1, -0.05) is 25.5 Å². The average Bonchev–Trinajstić information content (AvgIpc) is 2.08. The average molecular weight is 210 g/mol. The van der Waals surface area contributed by atoms with Crippen LogP contribution in [0.3, 0.4) is 0 Å². The van der Waals surface area contributed by atoms with Crippen LogP contribution in [-0.2, 0) is 14.3 Å². The number of allylic oxidation sites excluding steroid dienone is 1. The van der Waals surface area contributed by atoms with Gasteiger partial charge in [0.15, 0.2) is 11.9 Å². The molecule has 0 bridgehead atoms. The highest BCUT2D eigenvalue weighted by Crippen LogP contribution is 2.43. The normalized spacial score (nSPS) is 29.2. The number of rotatable bonds is 2. The number of aldehydes is 1. The van der Waals surface area contributed by atoms with Gasteiger partial charge in [-0.25, -0.2) is 0 Å². The van der Waals surface area contributed by atoms with Crippen molar-refractivity contribution in [2.75, 3.05) is 0 Å². The second kappa shape index (κ2) is 3.80. The molecular weight excluding hydrogens is 192 g/mol. The molecule has 0 aliphatic heterocycles. The Morgan fingerprint density at radius 3 is 2.53 bits per heavy atom. The molecule has 1 atom stereocenters. The van der Waals surface area contributed by atoms with E-state index in [1.807, 2.05) is 26.8 Å². The molecule has 0 aromatic carbocycles. The molecule has 3 heteroatoms. The standard InChI is InChI=1S/C12H18O3/c1-9-5-6-12(8-13,15-10(2)14)11(3,4)7-9/h7-8H,5-6H2,1-4H3/t12-/m1/s1. The second-order valence-corrected chi connectivity index (χ2v) is 4.81. The van der Waals surface area contributed by atoms with Crippen LogP contribution in [0.4, 0.5) is 0 Å². The van der Waals surface area contributed by atoms with Crippen LogP contribution in [-0.4, -0.2) is 17.9 Å². The van der Waals surface area contributed by atoms with Crippen LogP contribution in [0, 0.1) is 5.41 Å². The summed E-state index contributed by atoms with van der Waals surface area (Å²) < 4.78 is 5.24. The number of ether oxygens (including phenoxy) is 1. The van der Waals surface area contributed by atoms with Crippen molar-refractivity contribution < 1.29 is 14.3 Å². The molecule has 0 unspecified atom stereocenters. The zero-order valence-corrected chi connectivity index (χ0v) is 9.79. The first-order chi connectivity index (χ1) is 6.83. The fraction of sp³-hybridized carbons (Fsp3) is 0.667. The Balaban J connectivity index is 3.10. The molecule has 1 aliphatic carbocycles. The van der Waals surface area contributed by atoms with Crippen molar-refractivity contribution in [2.24, 2.45) is 5.41 Å². The number of esters is 1. The molecule has 0 heterocycles. The predicted octanol–water partition coefficient (Wildman–Crippen LogP) is 2.25. The van der Waals surface area contributed by atoms with E-state index in [9.17, 15) is 9.59 Å². The van der Waals surface area contributed by atoms with Crippen LogP contribution >= 0.6 is 0 Å². The van der Waals surface area contributed by atoms with Crippen molar-refractivity contribution in [1.29, 1.82) is 0 Å². The molecule has 0 saturated heterocycles. The van der Waals surface area contributed by atoms with Gasteiger partial charge in [0.05, 0.1) is 0 Å². The molecule has 15 heavy (non-hydrogen) atoms. The molecule has 1 aliphatic rings. The van der Waals surface area contributed by atoms with E-state index in [1.54, 1.807) is 0 Å². The van der Waals surface area contributed by atoms with E-state index in [-0.39, 0.29) is 0 Å². The third kappa shape index (κ3) is 2.11. The van der Waals surface area contributed by atoms with Gasteiger partial charge in [-0.2, -0.15) is 0 Å². The van der Waals surface area contributed by atoms with Gasteiger partial charge in [0.25, 0.3) is 0 Å². The van der Waals surface area contributed by atoms with E-state index in [4.69, 9.17) is 4.74 Å². The number of carbonyl (C=O) groups excluding carboxylic acids is 2. The molecule has 0 N–H and O–H groups in total. The number of hydrogen-bond acceptors (Lipinski definition) is 3. The lowest BCUT2D eigenvalue weighted by atomic mass is 9.68. The van der Waals surface area contributed by atoms with Gasteiger partial charge in [0.2, 0.25) is 0 Å². The Labute approximate surface area is 90.5 Å². The quantitative estimate of drug-likeness (QED) is 0.399. The van der Waals surface area contributed by atoms with Crippen LogP contribution in [0.15, 0.2) is 11.6 Å². The molecular formula is C12H18O3. The molecule has 1 rings (SSSR count). The van der Waals surface area contributed by atoms with E-state index in [1.165, 1.54) is 12.5 Å². The van der Waals surface area contributed by atoms with E-state index in [0.717, 1.165) is 12.7 Å². The van der Waals surface area contributed by atoms with Crippen LogP contribution < -0.4 is 0 Å². The first-order valence-corrected chi connectivity index (χ1v) is 5.17. The molecule has 0 saturated carbocycles. The van der Waals surface area contributed by atoms with Gasteiger partial charge in [-0.05, 0) is 19.8 Å². The van der Waals surface area contributed by atoms with E-state index < -0.39 is 17.0 Å². The maximum atomic E-state index is 11.2. The molecule has 0 aromatic rings. The molecule has 0 spiro atoms. The van der Waals surface area contributed by atoms with Gasteiger partial charge in [-0.15, -0.1) is 0 Å². The maximum Gasteiger partial charge on any atom is 0.303 e. The Morgan fingerprint density at radius 1 is 1.53 bits per heavy atom. The molecule has 0 radical (unpaired) electrons. The number of carbonyl (C=O) groups is 2. The van der Waals surface area contributed by atoms with Crippen LogP contribution in [0.2, 0.25) is 0 Å². The van der Waals surface area contributed by atoms with Crippen LogP contribution in [0.25, 0.3) is 0 Å². The van der Waals surface area contributed by atoms with E-state index in [0.29, 0.717) is 6.42 Å². The van der Waals surface area contributed by atoms with E-state index in [2.05, 4.69) is 0 Å². The molecule has 3 nitrogen and oxygen atoms in total. The molecule has 84 valence electrons. The molecule has 0 amide bonds. The smallest absolute Gasteiger partial charge is 0.303 e. The van der Waals surface area contributed by atoms with E-state index >= 15 is 0 Å². The summed E-state index contributed by atoms with van der Waals surface area (Å²) >= 11 is 0. The highest BCUT2D eigenvalue weighted by atomic mass is 16.6. The van der Waals surface area contributed by atoms with Crippen LogP contribution in [0.5, 0.6) is 0 Å². The van der Waals surface area contributed by atoms with Crippen molar-refractivity contribution in [3.05, 3.63) is 11.6 Å². The lowest BCUT2D eigenvalue weighted by Crippen LogP contribution is -2.50. The van der Waals surface area contributed by atoms with Crippen molar-refractivity contribution in [2.45, 2.75) is 46.1 Å². The Kier molecular flexibility index (Phi) is 3.03. The second-order valence-electron chi connectivity index (χ2n) is 4.81. The maximum absolute atomic E-state index is 11.2. The topological polar surface area (TPSA) is 43.4 Å². The fourth-order valence-electron chi connectivity index (χ4n) is 2.19. The Hall–Kier alpha value is -1.12. The van der Waals surface area contributed by atoms with Crippen molar-refractivity contribution >= 4 is 12.3 Å². The fourth-order valence-corrected chi connectivity index (χ4v) is 2.19. The Bertz CT molecular complexity index is 315. The van der Waals surface area contributed by atoms with Gasteiger partial charge in [-0.3, -0.25) is 9.59 Å². The summed E-state index contributed by atoms with van der Waals surface area (Å²) in [6.45, 7) is 7.22. The summed E-state index contributed by atoms with van der Waals surface area (Å²) in [5.74, 6) is -0.400. The SMILES string of the molecule is CC(=O)O[C@@]1(C=O)CCC(C)=CC1(C)C. The van der Waals surface area contributed by atoms with Gasteiger partial charge < -0.3 is 4.74 Å². The van der Waals surface area contributed by atoms with Gasteiger partial charge >= 0.3 is 5.97 Å². The minimum absolute atomic E-state index is 0.400. The van der Waals surface area contributed by atoms with Crippen molar-refractivity contribution in [1.82, 2.24) is 0 Å². The largest absolute Gasteiger partial charge is 0.451 e. The third-order valence-corrected chi connectivity index (χ3v) is 3.10. The minimum Gasteiger partial charge on any atom is -0.451 e. The van der Waals surface area contributed by atoms with Gasteiger partial charge in [0, 0.05) is 12.3 Å². The summed E-state index contributed by atoms with van der Waals surface area (Å²) in [7, 11) is 0. The molecule has 0 aromatic heterocycles. The monoisotopic (exact) mass is 210 g/mol. The lowest BCUT2D eigenvalue weighted by molar-refractivity contribution is -0.172. The zero-order chi connectivity index (χ0) is 11.7. The highest BCUT2D eigenvalue weighted by Gasteiger charge is 2.48. The van der Waals surface area contributed by atoms with Gasteiger partial charge in [0.1, 0.15) is 0 Å². The Morgan fingerprint density at radius 2 is 2.13 bits per heavy atom. The highest BCUT2D eigenvalue weighted by molar-refractivity contribution is 5.74. The lowest BCUT2D eigenvalue weighted by Gasteiger charge is -2.43. The minimum atomic E-state index is -0.988. The summed E-state index contributed by atoms with van der Waals surface area (Å²) in [4.78, 5) is 22.3. The zero-order valence-electron chi connectivity index (χ0n) is 9.79. The third-order valence-electron chi connectivity index (χ3n) is 3.10. The first kappa shape index (κ1) is 12.0. The summed E-state index contributed by atoms with van der Waals surface area (Å²) in [6, 6.07) is 0. The summed E-state index contributed by atoms with van der Waals surface area (Å²) in [5.41, 5.74) is -0.175.